The lowest BCUT2D eigenvalue weighted by Gasteiger charge is -2.08. The van der Waals surface area contributed by atoms with Gasteiger partial charge in [-0.2, -0.15) is 10.1 Å². The van der Waals surface area contributed by atoms with Crippen molar-refractivity contribution >= 4 is 12.4 Å². The molecule has 1 aromatic carbocycles. The highest BCUT2D eigenvalue weighted by Gasteiger charge is 2.14. The number of nitrogens with two attached hydrogens (primary N) is 1. The summed E-state index contributed by atoms with van der Waals surface area (Å²) in [5.41, 5.74) is 8.73. The highest BCUT2D eigenvalue weighted by atomic mass is 35.5. The summed E-state index contributed by atoms with van der Waals surface area (Å²) in [7, 11) is 0. The highest BCUT2D eigenvalue weighted by molar-refractivity contribution is 5.85. The first-order chi connectivity index (χ1) is 15.9. The molecule has 0 saturated heterocycles. The third kappa shape index (κ3) is 4.97. The van der Waals surface area contributed by atoms with E-state index in [1.165, 1.54) is 10.9 Å². The minimum atomic E-state index is -0.425. The van der Waals surface area contributed by atoms with E-state index < -0.39 is 5.69 Å². The molecule has 0 aliphatic heterocycles. The van der Waals surface area contributed by atoms with Crippen LogP contribution in [0.25, 0.3) is 28.3 Å². The van der Waals surface area contributed by atoms with Crippen LogP contribution in [0.2, 0.25) is 0 Å². The fourth-order valence-electron chi connectivity index (χ4n) is 3.33. The molecule has 0 fully saturated rings. The Morgan fingerprint density at radius 1 is 1.24 bits per heavy atom. The largest absolute Gasteiger partial charge is 0.351 e. The second kappa shape index (κ2) is 10.5. The molecule has 9 nitrogen and oxygen atoms in total. The van der Waals surface area contributed by atoms with E-state index in [1.807, 2.05) is 51.1 Å². The van der Waals surface area contributed by atoms with Crippen LogP contribution >= 0.6 is 12.4 Å². The van der Waals surface area contributed by atoms with Crippen LogP contribution in [0.1, 0.15) is 31.2 Å². The molecular weight excluding hydrogens is 461 g/mol. The summed E-state index contributed by atoms with van der Waals surface area (Å²) in [6.45, 7) is 5.84. The van der Waals surface area contributed by atoms with Gasteiger partial charge >= 0.3 is 5.69 Å². The third-order valence-corrected chi connectivity index (χ3v) is 5.17. The van der Waals surface area contributed by atoms with E-state index in [2.05, 4.69) is 20.2 Å². The maximum Gasteiger partial charge on any atom is 0.351 e. The Balaban J connectivity index is 0.00000324. The maximum atomic E-state index is 12.8. The van der Waals surface area contributed by atoms with Gasteiger partial charge in [-0.1, -0.05) is 37.2 Å². The van der Waals surface area contributed by atoms with E-state index in [9.17, 15) is 9.18 Å². The molecule has 0 spiro atoms. The Labute approximate surface area is 201 Å². The fraction of sp³-hybridized carbons (Fsp3) is 0.261. The predicted octanol–water partition coefficient (Wildman–Crippen LogP) is 3.81. The van der Waals surface area contributed by atoms with Crippen LogP contribution in [0.5, 0.6) is 0 Å². The molecule has 0 saturated carbocycles. The van der Waals surface area contributed by atoms with Crippen LogP contribution in [0.3, 0.4) is 0 Å². The topological polar surface area (TPSA) is 118 Å². The molecule has 3 heterocycles. The van der Waals surface area contributed by atoms with Crippen LogP contribution in [0, 0.1) is 6.92 Å². The van der Waals surface area contributed by atoms with Gasteiger partial charge in [-0.3, -0.25) is 0 Å². The Morgan fingerprint density at radius 3 is 2.65 bits per heavy atom. The first-order valence-corrected chi connectivity index (χ1v) is 10.4. The van der Waals surface area contributed by atoms with Crippen molar-refractivity contribution in [2.24, 2.45) is 5.73 Å². The van der Waals surface area contributed by atoms with Crippen molar-refractivity contribution in [1.29, 1.82) is 0 Å². The van der Waals surface area contributed by atoms with E-state index in [0.29, 0.717) is 23.9 Å². The molecule has 0 unspecified atom stereocenters. The molecular formula is C23H25ClFN7O2. The van der Waals surface area contributed by atoms with Crippen molar-refractivity contribution in [3.8, 4) is 28.3 Å². The molecule has 11 heteroatoms. The van der Waals surface area contributed by atoms with E-state index >= 15 is 0 Å². The van der Waals surface area contributed by atoms with Gasteiger partial charge in [0.25, 0.3) is 0 Å². The number of hydrogen-bond acceptors (Lipinski definition) is 7. The number of benzene rings is 1. The number of rotatable bonds is 7. The zero-order valence-electron chi connectivity index (χ0n) is 19.0. The third-order valence-electron chi connectivity index (χ3n) is 5.17. The van der Waals surface area contributed by atoms with Gasteiger partial charge in [0.1, 0.15) is 12.1 Å². The van der Waals surface area contributed by atoms with Gasteiger partial charge in [-0.05, 0) is 35.8 Å². The van der Waals surface area contributed by atoms with Gasteiger partial charge in [-0.15, -0.1) is 12.4 Å². The molecule has 34 heavy (non-hydrogen) atoms. The minimum Gasteiger partial charge on any atom is -0.339 e. The predicted molar refractivity (Wildman–Crippen MR) is 129 cm³/mol. The monoisotopic (exact) mass is 485 g/mol. The van der Waals surface area contributed by atoms with Gasteiger partial charge in [0.15, 0.2) is 0 Å². The molecule has 0 bridgehead atoms. The number of nitrogens with zero attached hydrogens (tertiary/aromatic N) is 6. The molecule has 0 atom stereocenters. The Kier molecular flexibility index (Phi) is 7.75. The molecule has 0 aliphatic carbocycles. The van der Waals surface area contributed by atoms with Crippen molar-refractivity contribution < 1.29 is 8.91 Å². The Morgan fingerprint density at radius 2 is 2.00 bits per heavy atom. The van der Waals surface area contributed by atoms with Crippen LogP contribution in [0.4, 0.5) is 4.39 Å². The zero-order chi connectivity index (χ0) is 23.5. The summed E-state index contributed by atoms with van der Waals surface area (Å²) in [6, 6.07) is 9.70. The van der Waals surface area contributed by atoms with Crippen molar-refractivity contribution in [2.45, 2.75) is 33.2 Å². The normalized spacial score (nSPS) is 11.6. The summed E-state index contributed by atoms with van der Waals surface area (Å²) in [5, 5.41) is 8.12. The lowest BCUT2D eigenvalue weighted by Crippen LogP contribution is -2.26. The summed E-state index contributed by atoms with van der Waals surface area (Å²) in [4.78, 5) is 21.7. The molecule has 4 rings (SSSR count). The molecule has 178 valence electrons. The summed E-state index contributed by atoms with van der Waals surface area (Å²) >= 11 is 0. The van der Waals surface area contributed by atoms with Crippen LogP contribution < -0.4 is 11.4 Å². The number of aromatic nitrogens is 6. The number of halogens is 2. The first-order valence-electron chi connectivity index (χ1n) is 10.4. The van der Waals surface area contributed by atoms with E-state index in [1.54, 1.807) is 6.20 Å². The van der Waals surface area contributed by atoms with Crippen LogP contribution in [0.15, 0.2) is 64.1 Å². The Bertz CT molecular complexity index is 1370. The molecule has 3 aromatic heterocycles. The standard InChI is InChI=1S/C23H24FN7O2.ClH/c1-14(2)22-28-20(29-33-22)18-6-4-5-17(8-18)19-7-15(3)21(26-11-19)30-13-27-31(23(30)32)12-16(9-24)10-25;/h4-9,11,13-14H,10,12,25H2,1-3H3;1H/b16-9+;. The van der Waals surface area contributed by atoms with Crippen molar-refractivity contribution in [3.63, 3.8) is 0 Å². The van der Waals surface area contributed by atoms with Crippen molar-refractivity contribution in [2.75, 3.05) is 6.54 Å². The van der Waals surface area contributed by atoms with Gasteiger partial charge in [0.2, 0.25) is 11.7 Å². The summed E-state index contributed by atoms with van der Waals surface area (Å²) in [6.07, 6.45) is 3.46. The SMILES string of the molecule is Cc1cc(-c2cccc(-c3noc(C(C)C)n3)c2)cnc1-n1cnn(C/C(=C/F)CN)c1=O.Cl. The van der Waals surface area contributed by atoms with E-state index in [4.69, 9.17) is 10.3 Å². The van der Waals surface area contributed by atoms with Gasteiger partial charge in [0, 0.05) is 29.8 Å². The van der Waals surface area contributed by atoms with Crippen LogP contribution in [-0.2, 0) is 6.54 Å². The van der Waals surface area contributed by atoms with Gasteiger partial charge in [0.05, 0.1) is 12.9 Å². The fourth-order valence-corrected chi connectivity index (χ4v) is 3.33. The molecule has 0 amide bonds. The zero-order valence-corrected chi connectivity index (χ0v) is 19.8. The average molecular weight is 486 g/mol. The lowest BCUT2D eigenvalue weighted by molar-refractivity contribution is 0.365. The molecule has 2 N–H and O–H groups in total. The number of aryl methyl sites for hydroxylation is 1. The van der Waals surface area contributed by atoms with E-state index in [-0.39, 0.29) is 37.0 Å². The molecule has 0 radical (unpaired) electrons. The van der Waals surface area contributed by atoms with Gasteiger partial charge < -0.3 is 10.3 Å². The van der Waals surface area contributed by atoms with E-state index in [0.717, 1.165) is 26.9 Å². The average Bonchev–Trinajstić information content (AvgIpc) is 3.45. The van der Waals surface area contributed by atoms with Crippen molar-refractivity contribution in [3.05, 3.63) is 76.7 Å². The van der Waals surface area contributed by atoms with Gasteiger partial charge in [-0.25, -0.2) is 23.4 Å². The minimum absolute atomic E-state index is 0. The quantitative estimate of drug-likeness (QED) is 0.422. The second-order valence-corrected chi connectivity index (χ2v) is 7.97. The maximum absolute atomic E-state index is 12.8. The second-order valence-electron chi connectivity index (χ2n) is 7.97. The molecule has 0 aliphatic rings. The highest BCUT2D eigenvalue weighted by Crippen LogP contribution is 2.27. The summed E-state index contributed by atoms with van der Waals surface area (Å²) in [5.74, 6) is 1.71. The number of pyridine rings is 1. The van der Waals surface area contributed by atoms with Crippen molar-refractivity contribution in [1.82, 2.24) is 29.5 Å². The van der Waals surface area contributed by atoms with Crippen LogP contribution in [-0.4, -0.2) is 36.0 Å². The Hall–Kier alpha value is -3.63. The summed E-state index contributed by atoms with van der Waals surface area (Å²) < 4.78 is 20.6. The number of hydrogen-bond donors (Lipinski definition) is 1. The molecule has 4 aromatic rings. The smallest absolute Gasteiger partial charge is 0.339 e. The lowest BCUT2D eigenvalue weighted by atomic mass is 10.0. The first kappa shape index (κ1) is 25.0.